The molecule has 0 atom stereocenters. The number of rotatable bonds is 4. The van der Waals surface area contributed by atoms with Crippen LogP contribution in [0.15, 0.2) is 42.6 Å². The molecule has 5 rings (SSSR count). The second kappa shape index (κ2) is 6.67. The van der Waals surface area contributed by atoms with Crippen molar-refractivity contribution in [2.75, 3.05) is 16.8 Å². The van der Waals surface area contributed by atoms with Crippen LogP contribution in [0.2, 0.25) is 5.02 Å². The van der Waals surface area contributed by atoms with Crippen molar-refractivity contribution in [1.29, 1.82) is 0 Å². The highest BCUT2D eigenvalue weighted by molar-refractivity contribution is 6.31. The number of hydrogen-bond donors (Lipinski definition) is 2. The molecule has 1 saturated carbocycles. The fourth-order valence-corrected chi connectivity index (χ4v) is 4.08. The van der Waals surface area contributed by atoms with Crippen LogP contribution >= 0.6 is 11.6 Å². The lowest BCUT2D eigenvalue weighted by molar-refractivity contribution is -0.119. The van der Waals surface area contributed by atoms with Gasteiger partial charge in [-0.15, -0.1) is 0 Å². The molecule has 2 N–H and O–H groups in total. The first-order chi connectivity index (χ1) is 13.6. The number of aromatic amines is 1. The molecule has 1 aliphatic carbocycles. The van der Waals surface area contributed by atoms with Crippen LogP contribution in [0.25, 0.3) is 10.9 Å². The number of carbonyl (C=O) groups is 2. The summed E-state index contributed by atoms with van der Waals surface area (Å²) < 4.78 is 0. The van der Waals surface area contributed by atoms with Crippen LogP contribution in [-0.4, -0.2) is 23.3 Å². The normalized spacial score (nSPS) is 15.7. The van der Waals surface area contributed by atoms with E-state index in [1.165, 1.54) is 5.56 Å². The minimum Gasteiger partial charge on any atom is -0.361 e. The molecule has 3 aromatic rings. The maximum Gasteiger partial charge on any atom is 0.230 e. The first-order valence-electron chi connectivity index (χ1n) is 9.58. The Kier molecular flexibility index (Phi) is 4.13. The molecule has 1 aliphatic heterocycles. The van der Waals surface area contributed by atoms with Crippen molar-refractivity contribution in [3.8, 4) is 0 Å². The third-order valence-corrected chi connectivity index (χ3v) is 5.77. The van der Waals surface area contributed by atoms with Crippen molar-refractivity contribution in [3.63, 3.8) is 0 Å². The summed E-state index contributed by atoms with van der Waals surface area (Å²) in [5, 5.41) is 4.57. The van der Waals surface area contributed by atoms with Gasteiger partial charge in [-0.25, -0.2) is 0 Å². The summed E-state index contributed by atoms with van der Waals surface area (Å²) >= 11 is 6.09. The molecule has 0 saturated heterocycles. The molecule has 2 aromatic carbocycles. The molecule has 0 radical (unpaired) electrons. The average Bonchev–Trinajstić information content (AvgIpc) is 3.34. The summed E-state index contributed by atoms with van der Waals surface area (Å²) in [6, 6.07) is 11.4. The lowest BCUT2D eigenvalue weighted by atomic mass is 10.1. The van der Waals surface area contributed by atoms with E-state index in [9.17, 15) is 9.59 Å². The van der Waals surface area contributed by atoms with Gasteiger partial charge in [-0.2, -0.15) is 0 Å². The Hall–Kier alpha value is -2.79. The SMILES string of the molecule is O=C(Cc1c[nH]c2ccc(Cl)cc12)Nc1ccc2c(c1)N(C(=O)C1CC1)CC2. The lowest BCUT2D eigenvalue weighted by Crippen LogP contribution is -2.30. The molecule has 2 amide bonds. The largest absolute Gasteiger partial charge is 0.361 e. The molecule has 28 heavy (non-hydrogen) atoms. The molecule has 6 heteroatoms. The van der Waals surface area contributed by atoms with Gasteiger partial charge in [0, 0.05) is 46.0 Å². The standard InChI is InChI=1S/C22H20ClN3O2/c23-16-4-6-19-18(10-16)15(12-24-19)9-21(27)25-17-5-3-13-7-8-26(20(13)11-17)22(28)14-1-2-14/h3-6,10-12,14,24H,1-2,7-9H2,(H,25,27). The van der Waals surface area contributed by atoms with Crippen molar-refractivity contribution in [1.82, 2.24) is 4.98 Å². The van der Waals surface area contributed by atoms with E-state index in [0.717, 1.165) is 53.6 Å². The van der Waals surface area contributed by atoms with E-state index in [4.69, 9.17) is 11.6 Å². The number of hydrogen-bond acceptors (Lipinski definition) is 2. The fourth-order valence-electron chi connectivity index (χ4n) is 3.91. The first-order valence-corrected chi connectivity index (χ1v) is 9.96. The van der Waals surface area contributed by atoms with Gasteiger partial charge in [0.2, 0.25) is 11.8 Å². The van der Waals surface area contributed by atoms with Crippen LogP contribution in [0, 0.1) is 5.92 Å². The summed E-state index contributed by atoms with van der Waals surface area (Å²) in [7, 11) is 0. The van der Waals surface area contributed by atoms with Gasteiger partial charge in [-0.3, -0.25) is 9.59 Å². The quantitative estimate of drug-likeness (QED) is 0.694. The van der Waals surface area contributed by atoms with Crippen LogP contribution in [0.5, 0.6) is 0 Å². The third-order valence-electron chi connectivity index (χ3n) is 5.54. The van der Waals surface area contributed by atoms with Crippen molar-refractivity contribution >= 4 is 45.7 Å². The molecule has 1 fully saturated rings. The molecule has 2 heterocycles. The summed E-state index contributed by atoms with van der Waals surface area (Å²) in [5.74, 6) is 0.315. The Morgan fingerprint density at radius 1 is 1.18 bits per heavy atom. The highest BCUT2D eigenvalue weighted by atomic mass is 35.5. The van der Waals surface area contributed by atoms with E-state index in [1.807, 2.05) is 47.5 Å². The highest BCUT2D eigenvalue weighted by Crippen LogP contribution is 2.37. The Balaban J connectivity index is 1.33. The lowest BCUT2D eigenvalue weighted by Gasteiger charge is -2.18. The van der Waals surface area contributed by atoms with Crippen LogP contribution < -0.4 is 10.2 Å². The van der Waals surface area contributed by atoms with Gasteiger partial charge in [0.15, 0.2) is 0 Å². The number of fused-ring (bicyclic) bond motifs is 2. The predicted octanol–water partition coefficient (Wildman–Crippen LogP) is 4.30. The van der Waals surface area contributed by atoms with Gasteiger partial charge in [0.25, 0.3) is 0 Å². The minimum atomic E-state index is -0.0982. The Morgan fingerprint density at radius 2 is 2.04 bits per heavy atom. The molecule has 0 spiro atoms. The summed E-state index contributed by atoms with van der Waals surface area (Å²) in [5.41, 5.74) is 4.68. The van der Waals surface area contributed by atoms with Gasteiger partial charge in [0.1, 0.15) is 0 Å². The summed E-state index contributed by atoms with van der Waals surface area (Å²) in [6.45, 7) is 0.734. The van der Waals surface area contributed by atoms with Gasteiger partial charge in [0.05, 0.1) is 6.42 Å². The van der Waals surface area contributed by atoms with Gasteiger partial charge < -0.3 is 15.2 Å². The van der Waals surface area contributed by atoms with E-state index < -0.39 is 0 Å². The monoisotopic (exact) mass is 393 g/mol. The number of halogens is 1. The molecule has 1 aromatic heterocycles. The molecule has 0 unspecified atom stereocenters. The molecule has 5 nitrogen and oxygen atoms in total. The number of nitrogens with one attached hydrogen (secondary N) is 2. The van der Waals surface area contributed by atoms with E-state index >= 15 is 0 Å². The Morgan fingerprint density at radius 3 is 2.86 bits per heavy atom. The zero-order valence-corrected chi connectivity index (χ0v) is 16.1. The maximum atomic E-state index is 12.6. The highest BCUT2D eigenvalue weighted by Gasteiger charge is 2.36. The minimum absolute atomic E-state index is 0.0982. The fraction of sp³-hybridized carbons (Fsp3) is 0.273. The van der Waals surface area contributed by atoms with E-state index in [2.05, 4.69) is 10.3 Å². The van der Waals surface area contributed by atoms with Crippen molar-refractivity contribution in [3.05, 3.63) is 58.7 Å². The van der Waals surface area contributed by atoms with Gasteiger partial charge in [-0.05, 0) is 60.7 Å². The molecule has 0 bridgehead atoms. The number of nitrogens with zero attached hydrogens (tertiary/aromatic N) is 1. The number of anilines is 2. The van der Waals surface area contributed by atoms with Crippen molar-refractivity contribution in [2.45, 2.75) is 25.7 Å². The number of H-pyrrole nitrogens is 1. The molecular weight excluding hydrogens is 374 g/mol. The maximum absolute atomic E-state index is 12.6. The topological polar surface area (TPSA) is 65.2 Å². The summed E-state index contributed by atoms with van der Waals surface area (Å²) in [4.78, 5) is 30.1. The van der Waals surface area contributed by atoms with E-state index in [0.29, 0.717) is 5.02 Å². The third kappa shape index (κ3) is 3.16. The summed E-state index contributed by atoms with van der Waals surface area (Å²) in [6.07, 6.45) is 4.96. The van der Waals surface area contributed by atoms with Crippen LogP contribution in [-0.2, 0) is 22.4 Å². The van der Waals surface area contributed by atoms with Crippen LogP contribution in [0.4, 0.5) is 11.4 Å². The average molecular weight is 394 g/mol. The molecule has 142 valence electrons. The van der Waals surface area contributed by atoms with Gasteiger partial charge in [-0.1, -0.05) is 17.7 Å². The van der Waals surface area contributed by atoms with Crippen LogP contribution in [0.3, 0.4) is 0 Å². The smallest absolute Gasteiger partial charge is 0.230 e. The van der Waals surface area contributed by atoms with Crippen molar-refractivity contribution < 1.29 is 9.59 Å². The number of amides is 2. The second-order valence-corrected chi connectivity index (χ2v) is 8.02. The Bertz CT molecular complexity index is 1100. The first kappa shape index (κ1) is 17.3. The van der Waals surface area contributed by atoms with E-state index in [-0.39, 0.29) is 24.2 Å². The van der Waals surface area contributed by atoms with Gasteiger partial charge >= 0.3 is 0 Å². The zero-order valence-electron chi connectivity index (χ0n) is 15.3. The van der Waals surface area contributed by atoms with Crippen molar-refractivity contribution in [2.24, 2.45) is 5.92 Å². The number of benzene rings is 2. The second-order valence-electron chi connectivity index (χ2n) is 7.59. The predicted molar refractivity (Wildman–Crippen MR) is 111 cm³/mol. The number of aromatic nitrogens is 1. The molecular formula is C22H20ClN3O2. The Labute approximate surface area is 167 Å². The van der Waals surface area contributed by atoms with Crippen LogP contribution in [0.1, 0.15) is 24.0 Å². The number of carbonyl (C=O) groups excluding carboxylic acids is 2. The zero-order chi connectivity index (χ0) is 19.3. The molecule has 2 aliphatic rings. The van der Waals surface area contributed by atoms with E-state index in [1.54, 1.807) is 0 Å².